The molecule has 0 spiro atoms. The van der Waals surface area contributed by atoms with Crippen LogP contribution in [0.5, 0.6) is 5.75 Å². The van der Waals surface area contributed by atoms with Crippen molar-refractivity contribution in [2.45, 2.75) is 18.5 Å². The molecule has 2 nitrogen and oxygen atoms in total. The molecule has 6 heteroatoms. The van der Waals surface area contributed by atoms with E-state index < -0.39 is 6.36 Å². The Kier molecular flexibility index (Phi) is 6.10. The molecule has 0 N–H and O–H groups in total. The molecule has 0 aliphatic heterocycles. The summed E-state index contributed by atoms with van der Waals surface area (Å²) in [5.74, 6) is 1.42. The first kappa shape index (κ1) is 17.4. The summed E-state index contributed by atoms with van der Waals surface area (Å²) in [6.45, 7) is 0. The first-order chi connectivity index (χ1) is 11.0. The van der Waals surface area contributed by atoms with E-state index in [1.54, 1.807) is 30.0 Å². The van der Waals surface area contributed by atoms with Crippen molar-refractivity contribution in [3.05, 3.63) is 65.2 Å². The average Bonchev–Trinajstić information content (AvgIpc) is 2.52. The largest absolute Gasteiger partial charge is 0.573 e. The van der Waals surface area contributed by atoms with E-state index in [1.165, 1.54) is 12.1 Å². The van der Waals surface area contributed by atoms with Gasteiger partial charge in [-0.3, -0.25) is 4.79 Å². The lowest BCUT2D eigenvalue weighted by atomic mass is 10.2. The fourth-order valence-corrected chi connectivity index (χ4v) is 2.93. The molecule has 0 atom stereocenters. The van der Waals surface area contributed by atoms with Gasteiger partial charge in [0.1, 0.15) is 12.0 Å². The molecule has 122 valence electrons. The van der Waals surface area contributed by atoms with Crippen molar-refractivity contribution in [2.24, 2.45) is 0 Å². The molecule has 2 rings (SSSR count). The Morgan fingerprint density at radius 2 is 1.78 bits per heavy atom. The van der Waals surface area contributed by atoms with Crippen molar-refractivity contribution in [3.63, 3.8) is 0 Å². The maximum Gasteiger partial charge on any atom is 0.573 e. The predicted molar refractivity (Wildman–Crippen MR) is 84.8 cm³/mol. The van der Waals surface area contributed by atoms with Gasteiger partial charge in [-0.05, 0) is 41.5 Å². The third-order valence-electron chi connectivity index (χ3n) is 3.05. The maximum absolute atomic E-state index is 12.1. The Labute approximate surface area is 136 Å². The van der Waals surface area contributed by atoms with Crippen LogP contribution in [0.3, 0.4) is 0 Å². The molecular formula is C17H15F3O2S. The van der Waals surface area contributed by atoms with E-state index >= 15 is 0 Å². The van der Waals surface area contributed by atoms with E-state index in [4.69, 9.17) is 0 Å². The van der Waals surface area contributed by atoms with Gasteiger partial charge in [-0.15, -0.1) is 13.2 Å². The average molecular weight is 340 g/mol. The second kappa shape index (κ2) is 8.06. The molecule has 2 aromatic carbocycles. The van der Waals surface area contributed by atoms with Crippen LogP contribution in [-0.4, -0.2) is 18.4 Å². The Morgan fingerprint density at radius 3 is 2.43 bits per heavy atom. The zero-order valence-corrected chi connectivity index (χ0v) is 13.0. The van der Waals surface area contributed by atoms with Gasteiger partial charge in [-0.1, -0.05) is 30.3 Å². The number of halogens is 3. The fraction of sp³-hybridized carbons (Fsp3) is 0.235. The highest BCUT2D eigenvalue weighted by Crippen LogP contribution is 2.23. The normalized spacial score (nSPS) is 11.3. The summed E-state index contributed by atoms with van der Waals surface area (Å²) in [7, 11) is 0. The van der Waals surface area contributed by atoms with Crippen LogP contribution >= 0.6 is 11.8 Å². The van der Waals surface area contributed by atoms with Crippen LogP contribution in [0.1, 0.15) is 21.5 Å². The van der Waals surface area contributed by atoms with E-state index in [0.29, 0.717) is 5.56 Å². The molecule has 2 aromatic rings. The van der Waals surface area contributed by atoms with E-state index in [0.717, 1.165) is 35.3 Å². The van der Waals surface area contributed by atoms with Crippen LogP contribution in [0.25, 0.3) is 0 Å². The Hall–Kier alpha value is -1.95. The minimum Gasteiger partial charge on any atom is -0.406 e. The second-order valence-corrected chi connectivity index (χ2v) is 5.96. The first-order valence-electron chi connectivity index (χ1n) is 6.93. The third kappa shape index (κ3) is 6.36. The Balaban J connectivity index is 1.76. The van der Waals surface area contributed by atoms with Crippen LogP contribution in [0.2, 0.25) is 0 Å². The van der Waals surface area contributed by atoms with Gasteiger partial charge in [0.25, 0.3) is 0 Å². The predicted octanol–water partition coefficient (Wildman–Crippen LogP) is 4.87. The number of ether oxygens (including phenoxy) is 1. The number of benzene rings is 2. The van der Waals surface area contributed by atoms with Crippen molar-refractivity contribution in [1.82, 2.24) is 0 Å². The van der Waals surface area contributed by atoms with Crippen molar-refractivity contribution in [2.75, 3.05) is 5.75 Å². The molecule has 0 aliphatic carbocycles. The van der Waals surface area contributed by atoms with Crippen LogP contribution in [-0.2, 0) is 12.2 Å². The van der Waals surface area contributed by atoms with E-state index in [2.05, 4.69) is 4.74 Å². The molecule has 0 bridgehead atoms. The summed E-state index contributed by atoms with van der Waals surface area (Å²) in [5.41, 5.74) is 2.69. The lowest BCUT2D eigenvalue weighted by Crippen LogP contribution is -2.17. The van der Waals surface area contributed by atoms with Crippen LogP contribution in [0.15, 0.2) is 48.5 Å². The summed E-state index contributed by atoms with van der Waals surface area (Å²) >= 11 is 1.71. The number of carbonyl (C=O) groups excluding carboxylic acids is 1. The maximum atomic E-state index is 12.1. The number of alkyl halides is 3. The zero-order valence-electron chi connectivity index (χ0n) is 12.2. The van der Waals surface area contributed by atoms with Crippen molar-refractivity contribution >= 4 is 18.0 Å². The zero-order chi connectivity index (χ0) is 16.7. The molecule has 23 heavy (non-hydrogen) atoms. The van der Waals surface area contributed by atoms with E-state index in [9.17, 15) is 18.0 Å². The summed E-state index contributed by atoms with van der Waals surface area (Å²) in [6, 6.07) is 13.3. The van der Waals surface area contributed by atoms with Gasteiger partial charge in [0.2, 0.25) is 0 Å². The number of carbonyl (C=O) groups is 1. The third-order valence-corrected chi connectivity index (χ3v) is 4.08. The standard InChI is InChI=1S/C17H15F3O2S/c18-17(19,20)22-16-6-4-13(5-7-16)8-9-23-12-15-3-1-2-14(10-15)11-21/h1-7,10-11H,8-9,12H2. The van der Waals surface area contributed by atoms with E-state index in [-0.39, 0.29) is 5.75 Å². The highest BCUT2D eigenvalue weighted by Gasteiger charge is 2.30. The van der Waals surface area contributed by atoms with Gasteiger partial charge >= 0.3 is 6.36 Å². The Morgan fingerprint density at radius 1 is 1.04 bits per heavy atom. The van der Waals surface area contributed by atoms with Gasteiger partial charge in [0.05, 0.1) is 0 Å². The fourth-order valence-electron chi connectivity index (χ4n) is 1.99. The van der Waals surface area contributed by atoms with Crippen molar-refractivity contribution in [3.8, 4) is 5.75 Å². The van der Waals surface area contributed by atoms with Gasteiger partial charge in [-0.2, -0.15) is 11.8 Å². The number of aryl methyl sites for hydroxylation is 1. The minimum atomic E-state index is -4.66. The minimum absolute atomic E-state index is 0.209. The number of thioether (sulfide) groups is 1. The quantitative estimate of drug-likeness (QED) is 0.531. The summed E-state index contributed by atoms with van der Waals surface area (Å²) < 4.78 is 40.0. The monoisotopic (exact) mass is 340 g/mol. The van der Waals surface area contributed by atoms with E-state index in [1.807, 2.05) is 18.2 Å². The molecule has 0 aromatic heterocycles. The molecule has 0 radical (unpaired) electrons. The van der Waals surface area contributed by atoms with Gasteiger partial charge in [0, 0.05) is 11.3 Å². The number of hydrogen-bond acceptors (Lipinski definition) is 3. The highest BCUT2D eigenvalue weighted by molar-refractivity contribution is 7.98. The number of hydrogen-bond donors (Lipinski definition) is 0. The number of aldehydes is 1. The summed E-state index contributed by atoms with van der Waals surface area (Å²) in [6.07, 6.45) is -3.09. The molecule has 0 heterocycles. The first-order valence-corrected chi connectivity index (χ1v) is 8.08. The SMILES string of the molecule is O=Cc1cccc(CSCCc2ccc(OC(F)(F)F)cc2)c1. The molecule has 0 saturated heterocycles. The molecule has 0 fully saturated rings. The molecule has 0 unspecified atom stereocenters. The van der Waals surface area contributed by atoms with Crippen LogP contribution in [0.4, 0.5) is 13.2 Å². The van der Waals surface area contributed by atoms with Crippen molar-refractivity contribution in [1.29, 1.82) is 0 Å². The summed E-state index contributed by atoms with van der Waals surface area (Å²) in [5, 5.41) is 0. The van der Waals surface area contributed by atoms with Crippen LogP contribution < -0.4 is 4.74 Å². The van der Waals surface area contributed by atoms with Gasteiger partial charge in [-0.25, -0.2) is 0 Å². The van der Waals surface area contributed by atoms with Crippen molar-refractivity contribution < 1.29 is 22.7 Å². The second-order valence-electron chi connectivity index (χ2n) is 4.86. The van der Waals surface area contributed by atoms with Gasteiger partial charge in [0.15, 0.2) is 0 Å². The smallest absolute Gasteiger partial charge is 0.406 e. The number of rotatable bonds is 7. The molecule has 0 amide bonds. The lowest BCUT2D eigenvalue weighted by molar-refractivity contribution is -0.274. The molecule has 0 saturated carbocycles. The Bertz CT molecular complexity index is 639. The molecule has 0 aliphatic rings. The van der Waals surface area contributed by atoms with Crippen LogP contribution in [0, 0.1) is 0 Å². The summed E-state index contributed by atoms with van der Waals surface area (Å²) in [4.78, 5) is 10.7. The van der Waals surface area contributed by atoms with Gasteiger partial charge < -0.3 is 4.74 Å². The lowest BCUT2D eigenvalue weighted by Gasteiger charge is -2.09. The molecular weight excluding hydrogens is 325 g/mol. The topological polar surface area (TPSA) is 26.3 Å². The highest BCUT2D eigenvalue weighted by atomic mass is 32.2.